The molecule has 2 aliphatic heterocycles. The SMILES string of the molecule is CN1[C@@H]2CC[C@@H]1C=C(N(CCc1c[nH]c3ccccc13)C(=O)c1ccc(Cl)cc1)C2. The number of amides is 1. The molecule has 0 aliphatic carbocycles. The van der Waals surface area contributed by atoms with E-state index in [0.29, 0.717) is 29.2 Å². The zero-order chi connectivity index (χ0) is 20.7. The van der Waals surface area contributed by atoms with E-state index in [0.717, 1.165) is 18.4 Å². The Balaban J connectivity index is 1.44. The summed E-state index contributed by atoms with van der Waals surface area (Å²) in [7, 11) is 2.20. The predicted molar refractivity (Wildman–Crippen MR) is 122 cm³/mol. The monoisotopic (exact) mass is 419 g/mol. The van der Waals surface area contributed by atoms with E-state index >= 15 is 0 Å². The van der Waals surface area contributed by atoms with Crippen molar-refractivity contribution in [2.45, 2.75) is 37.8 Å². The summed E-state index contributed by atoms with van der Waals surface area (Å²) in [4.78, 5) is 21.3. The summed E-state index contributed by atoms with van der Waals surface area (Å²) in [6.07, 6.45) is 8.50. The van der Waals surface area contributed by atoms with Gasteiger partial charge in [-0.2, -0.15) is 0 Å². The topological polar surface area (TPSA) is 39.3 Å². The average molecular weight is 420 g/mol. The number of likely N-dealkylation sites (N-methyl/N-ethyl adjacent to an activating group) is 1. The number of hydrogen-bond donors (Lipinski definition) is 1. The van der Waals surface area contributed by atoms with Crippen molar-refractivity contribution in [1.29, 1.82) is 0 Å². The smallest absolute Gasteiger partial charge is 0.258 e. The zero-order valence-electron chi connectivity index (χ0n) is 17.1. The van der Waals surface area contributed by atoms with Crippen LogP contribution in [0.4, 0.5) is 0 Å². The van der Waals surface area contributed by atoms with Gasteiger partial charge in [0.25, 0.3) is 5.91 Å². The van der Waals surface area contributed by atoms with Crippen molar-refractivity contribution >= 4 is 28.4 Å². The van der Waals surface area contributed by atoms with Crippen molar-refractivity contribution in [1.82, 2.24) is 14.8 Å². The van der Waals surface area contributed by atoms with Crippen LogP contribution in [0.5, 0.6) is 0 Å². The fourth-order valence-electron chi connectivity index (χ4n) is 4.91. The molecule has 1 saturated heterocycles. The molecule has 2 atom stereocenters. The van der Waals surface area contributed by atoms with Gasteiger partial charge in [0.15, 0.2) is 0 Å². The molecule has 2 aromatic carbocycles. The number of aromatic nitrogens is 1. The number of benzene rings is 2. The van der Waals surface area contributed by atoms with Gasteiger partial charge in [0.05, 0.1) is 0 Å². The van der Waals surface area contributed by atoms with Crippen molar-refractivity contribution in [3.8, 4) is 0 Å². The highest BCUT2D eigenvalue weighted by atomic mass is 35.5. The molecule has 1 aromatic heterocycles. The number of carbonyl (C=O) groups excluding carboxylic acids is 1. The molecule has 1 N–H and O–H groups in total. The second-order valence-corrected chi connectivity index (χ2v) is 8.84. The molecular weight excluding hydrogens is 394 g/mol. The third-order valence-corrected chi connectivity index (χ3v) is 6.94. The van der Waals surface area contributed by atoms with Crippen LogP contribution in [0.25, 0.3) is 10.9 Å². The molecule has 0 radical (unpaired) electrons. The van der Waals surface area contributed by atoms with Crippen molar-refractivity contribution in [3.05, 3.63) is 82.7 Å². The number of aromatic amines is 1. The first-order chi connectivity index (χ1) is 14.6. The third kappa shape index (κ3) is 3.55. The molecule has 0 unspecified atom stereocenters. The molecule has 154 valence electrons. The van der Waals surface area contributed by atoms with Crippen molar-refractivity contribution in [2.24, 2.45) is 0 Å². The van der Waals surface area contributed by atoms with E-state index in [9.17, 15) is 4.79 Å². The minimum atomic E-state index is 0.0571. The van der Waals surface area contributed by atoms with Crippen LogP contribution in [0.1, 0.15) is 35.2 Å². The van der Waals surface area contributed by atoms with E-state index in [1.807, 2.05) is 23.1 Å². The number of carbonyl (C=O) groups is 1. The molecule has 30 heavy (non-hydrogen) atoms. The van der Waals surface area contributed by atoms with Gasteiger partial charge in [-0.1, -0.05) is 29.8 Å². The highest BCUT2D eigenvalue weighted by Crippen LogP contribution is 2.35. The summed E-state index contributed by atoms with van der Waals surface area (Å²) in [5.41, 5.74) is 4.24. The van der Waals surface area contributed by atoms with Gasteiger partial charge in [0, 0.05) is 58.4 Å². The molecule has 3 heterocycles. The van der Waals surface area contributed by atoms with E-state index in [1.54, 1.807) is 12.1 Å². The highest BCUT2D eigenvalue weighted by Gasteiger charge is 2.36. The Morgan fingerprint density at radius 1 is 1.17 bits per heavy atom. The average Bonchev–Trinajstić information content (AvgIpc) is 3.24. The highest BCUT2D eigenvalue weighted by molar-refractivity contribution is 6.30. The van der Waals surface area contributed by atoms with Crippen LogP contribution in [-0.4, -0.2) is 46.4 Å². The van der Waals surface area contributed by atoms with Gasteiger partial charge in [-0.05, 0) is 68.3 Å². The largest absolute Gasteiger partial charge is 0.361 e. The van der Waals surface area contributed by atoms with E-state index < -0.39 is 0 Å². The van der Waals surface area contributed by atoms with Gasteiger partial charge in [0.1, 0.15) is 0 Å². The van der Waals surface area contributed by atoms with Gasteiger partial charge in [-0.25, -0.2) is 0 Å². The minimum absolute atomic E-state index is 0.0571. The maximum absolute atomic E-state index is 13.5. The summed E-state index contributed by atoms with van der Waals surface area (Å²) in [5, 5.41) is 1.88. The second kappa shape index (κ2) is 7.93. The Morgan fingerprint density at radius 3 is 2.77 bits per heavy atom. The molecule has 2 bridgehead atoms. The Kier molecular flexibility index (Phi) is 5.13. The molecular formula is C25H26ClN3O. The standard InChI is InChI=1S/C25H26ClN3O/c1-28-20-10-11-21(28)15-22(14-20)29(25(30)17-6-8-19(26)9-7-17)13-12-18-16-27-24-5-3-2-4-23(18)24/h2-9,14,16,20-21,27H,10-13,15H2,1H3/t20-,21-/m1/s1. The fraction of sp³-hybridized carbons (Fsp3) is 0.320. The van der Waals surface area contributed by atoms with Gasteiger partial charge in [-0.3, -0.25) is 9.69 Å². The number of rotatable bonds is 5. The van der Waals surface area contributed by atoms with Crippen LogP contribution in [0.3, 0.4) is 0 Å². The fourth-order valence-corrected chi connectivity index (χ4v) is 5.04. The van der Waals surface area contributed by atoms with Crippen LogP contribution < -0.4 is 0 Å². The lowest BCUT2D eigenvalue weighted by Crippen LogP contribution is -2.41. The van der Waals surface area contributed by atoms with Crippen LogP contribution in [0.2, 0.25) is 5.02 Å². The van der Waals surface area contributed by atoms with Crippen LogP contribution >= 0.6 is 11.6 Å². The van der Waals surface area contributed by atoms with E-state index in [-0.39, 0.29) is 5.91 Å². The maximum atomic E-state index is 13.5. The lowest BCUT2D eigenvalue weighted by Gasteiger charge is -2.35. The molecule has 0 saturated carbocycles. The van der Waals surface area contributed by atoms with Gasteiger partial charge in [-0.15, -0.1) is 0 Å². The number of nitrogens with one attached hydrogen (secondary N) is 1. The van der Waals surface area contributed by atoms with Gasteiger partial charge in [0.2, 0.25) is 0 Å². The summed E-state index contributed by atoms with van der Waals surface area (Å²) >= 11 is 6.05. The molecule has 4 nitrogen and oxygen atoms in total. The molecule has 1 amide bonds. The molecule has 2 aliphatic rings. The third-order valence-electron chi connectivity index (χ3n) is 6.69. The number of para-hydroxylation sites is 1. The van der Waals surface area contributed by atoms with Crippen LogP contribution in [-0.2, 0) is 6.42 Å². The van der Waals surface area contributed by atoms with Gasteiger partial charge >= 0.3 is 0 Å². The molecule has 5 rings (SSSR count). The second-order valence-electron chi connectivity index (χ2n) is 8.40. The zero-order valence-corrected chi connectivity index (χ0v) is 17.9. The van der Waals surface area contributed by atoms with Crippen molar-refractivity contribution in [2.75, 3.05) is 13.6 Å². The summed E-state index contributed by atoms with van der Waals surface area (Å²) < 4.78 is 0. The minimum Gasteiger partial charge on any atom is -0.361 e. The summed E-state index contributed by atoms with van der Waals surface area (Å²) in [6.45, 7) is 0.665. The van der Waals surface area contributed by atoms with Crippen LogP contribution in [0, 0.1) is 0 Å². The summed E-state index contributed by atoms with van der Waals surface area (Å²) in [6, 6.07) is 16.5. The summed E-state index contributed by atoms with van der Waals surface area (Å²) in [5.74, 6) is 0.0571. The number of nitrogens with zero attached hydrogens (tertiary/aromatic N) is 2. The van der Waals surface area contributed by atoms with Crippen molar-refractivity contribution < 1.29 is 4.79 Å². The lowest BCUT2D eigenvalue weighted by molar-refractivity contribution is 0.0788. The normalized spacial score (nSPS) is 21.1. The van der Waals surface area contributed by atoms with Crippen molar-refractivity contribution in [3.63, 3.8) is 0 Å². The first-order valence-corrected chi connectivity index (χ1v) is 11.0. The quantitative estimate of drug-likeness (QED) is 0.612. The Labute approximate surface area is 182 Å². The molecule has 3 aromatic rings. The Morgan fingerprint density at radius 2 is 1.97 bits per heavy atom. The number of fused-ring (bicyclic) bond motifs is 3. The van der Waals surface area contributed by atoms with E-state index in [1.165, 1.54) is 29.5 Å². The van der Waals surface area contributed by atoms with Gasteiger partial charge < -0.3 is 9.88 Å². The molecule has 5 heteroatoms. The molecule has 0 spiro atoms. The lowest BCUT2D eigenvalue weighted by atomic mass is 10.0. The van der Waals surface area contributed by atoms with Crippen LogP contribution in [0.15, 0.2) is 66.5 Å². The number of halogens is 1. The molecule has 1 fully saturated rings. The van der Waals surface area contributed by atoms with E-state index in [2.05, 4.69) is 47.4 Å². The number of H-pyrrole nitrogens is 1. The first kappa shape index (κ1) is 19.4. The predicted octanol–water partition coefficient (Wildman–Crippen LogP) is 5.26. The first-order valence-electron chi connectivity index (χ1n) is 10.7. The Hall–Kier alpha value is -2.56. The maximum Gasteiger partial charge on any atom is 0.258 e. The Bertz CT molecular complexity index is 1100. The van der Waals surface area contributed by atoms with E-state index in [4.69, 9.17) is 11.6 Å². The number of hydrogen-bond acceptors (Lipinski definition) is 2.